The molecule has 1 aromatic rings. The number of aryl methyl sites for hydroxylation is 1. The maximum atomic E-state index is 11.8. The van der Waals surface area contributed by atoms with Crippen molar-refractivity contribution >= 4 is 6.09 Å². The third-order valence-electron chi connectivity index (χ3n) is 4.05. The van der Waals surface area contributed by atoms with Gasteiger partial charge in [-0.1, -0.05) is 24.3 Å². The number of hydrogen-bond donors (Lipinski definition) is 2. The summed E-state index contributed by atoms with van der Waals surface area (Å²) < 4.78 is 5.29. The second-order valence-electron chi connectivity index (χ2n) is 7.12. The molecule has 0 radical (unpaired) electrons. The standard InChI is InChI=1S/C18H29N3O2/c1-18(2,3)23-17(22)20-12-16(11-19)21-10-6-9-14-7-4-5-8-15(14)13-21/h4-5,7-8,16H,6,9-13,19H2,1-3H3,(H,20,22). The van der Waals surface area contributed by atoms with Gasteiger partial charge in [0.25, 0.3) is 0 Å². The van der Waals surface area contributed by atoms with Gasteiger partial charge in [0.1, 0.15) is 5.60 Å². The first-order chi connectivity index (χ1) is 10.9. The second kappa shape index (κ2) is 7.79. The molecule has 23 heavy (non-hydrogen) atoms. The lowest BCUT2D eigenvalue weighted by Crippen LogP contribution is -2.48. The molecule has 0 fully saturated rings. The van der Waals surface area contributed by atoms with Gasteiger partial charge in [-0.3, -0.25) is 4.90 Å². The zero-order valence-electron chi connectivity index (χ0n) is 14.5. The lowest BCUT2D eigenvalue weighted by Gasteiger charge is -2.30. The van der Waals surface area contributed by atoms with E-state index in [2.05, 4.69) is 34.5 Å². The maximum Gasteiger partial charge on any atom is 0.407 e. The van der Waals surface area contributed by atoms with Crippen LogP contribution < -0.4 is 11.1 Å². The number of nitrogens with two attached hydrogens (primary N) is 1. The van der Waals surface area contributed by atoms with Gasteiger partial charge in [-0.25, -0.2) is 4.79 Å². The Kier molecular flexibility index (Phi) is 6.02. The van der Waals surface area contributed by atoms with E-state index < -0.39 is 5.60 Å². The fraction of sp³-hybridized carbons (Fsp3) is 0.611. The molecule has 0 spiro atoms. The fourth-order valence-electron chi connectivity index (χ4n) is 2.91. The van der Waals surface area contributed by atoms with Crippen molar-refractivity contribution < 1.29 is 9.53 Å². The Balaban J connectivity index is 1.94. The smallest absolute Gasteiger partial charge is 0.407 e. The average molecular weight is 319 g/mol. The predicted octanol–water partition coefficient (Wildman–Crippen LogP) is 2.29. The van der Waals surface area contributed by atoms with Crippen molar-refractivity contribution in [1.29, 1.82) is 0 Å². The van der Waals surface area contributed by atoms with Crippen LogP contribution in [-0.4, -0.2) is 42.3 Å². The van der Waals surface area contributed by atoms with Gasteiger partial charge in [0, 0.05) is 25.7 Å². The number of fused-ring (bicyclic) bond motifs is 1. The molecular formula is C18H29N3O2. The average Bonchev–Trinajstić information content (AvgIpc) is 2.68. The minimum Gasteiger partial charge on any atom is -0.444 e. The number of carbonyl (C=O) groups is 1. The summed E-state index contributed by atoms with van der Waals surface area (Å²) in [6.45, 7) is 8.47. The topological polar surface area (TPSA) is 67.6 Å². The highest BCUT2D eigenvalue weighted by atomic mass is 16.6. The molecule has 0 bridgehead atoms. The van der Waals surface area contributed by atoms with Crippen LogP contribution in [0.2, 0.25) is 0 Å². The molecule has 0 aromatic heterocycles. The van der Waals surface area contributed by atoms with Gasteiger partial charge in [-0.05, 0) is 51.3 Å². The van der Waals surface area contributed by atoms with E-state index in [0.717, 1.165) is 25.9 Å². The lowest BCUT2D eigenvalue weighted by molar-refractivity contribution is 0.0507. The Morgan fingerprint density at radius 1 is 1.35 bits per heavy atom. The molecule has 5 heteroatoms. The summed E-state index contributed by atoms with van der Waals surface area (Å²) in [5.41, 5.74) is 8.26. The molecule has 0 saturated heterocycles. The van der Waals surface area contributed by atoms with Crippen LogP contribution in [0.3, 0.4) is 0 Å². The highest BCUT2D eigenvalue weighted by molar-refractivity contribution is 5.67. The normalized spacial score (nSPS) is 17.0. The van der Waals surface area contributed by atoms with Gasteiger partial charge in [0.2, 0.25) is 0 Å². The molecule has 1 heterocycles. The molecule has 1 unspecified atom stereocenters. The van der Waals surface area contributed by atoms with Crippen LogP contribution in [0.5, 0.6) is 0 Å². The zero-order valence-corrected chi connectivity index (χ0v) is 14.5. The number of amides is 1. The van der Waals surface area contributed by atoms with Gasteiger partial charge >= 0.3 is 6.09 Å². The van der Waals surface area contributed by atoms with Crippen LogP contribution in [-0.2, 0) is 17.7 Å². The lowest BCUT2D eigenvalue weighted by atomic mass is 10.0. The van der Waals surface area contributed by atoms with Gasteiger partial charge in [0.15, 0.2) is 0 Å². The first-order valence-corrected chi connectivity index (χ1v) is 8.37. The van der Waals surface area contributed by atoms with E-state index in [0.29, 0.717) is 13.1 Å². The summed E-state index contributed by atoms with van der Waals surface area (Å²) in [6.07, 6.45) is 1.83. The van der Waals surface area contributed by atoms with Crippen molar-refractivity contribution in [1.82, 2.24) is 10.2 Å². The van der Waals surface area contributed by atoms with E-state index in [4.69, 9.17) is 10.5 Å². The minimum atomic E-state index is -0.482. The SMILES string of the molecule is CC(C)(C)OC(=O)NCC(CN)N1CCCc2ccccc2C1. The van der Waals surface area contributed by atoms with Crippen molar-refractivity contribution in [2.75, 3.05) is 19.6 Å². The first-order valence-electron chi connectivity index (χ1n) is 8.37. The number of benzene rings is 1. The molecular weight excluding hydrogens is 290 g/mol. The Morgan fingerprint density at radius 2 is 2.04 bits per heavy atom. The van der Waals surface area contributed by atoms with Gasteiger partial charge in [-0.15, -0.1) is 0 Å². The summed E-state index contributed by atoms with van der Waals surface area (Å²) in [4.78, 5) is 14.2. The molecule has 1 aliphatic rings. The molecule has 3 N–H and O–H groups in total. The van der Waals surface area contributed by atoms with E-state index in [1.165, 1.54) is 11.1 Å². The highest BCUT2D eigenvalue weighted by Gasteiger charge is 2.23. The third kappa shape index (κ3) is 5.52. The molecule has 1 amide bonds. The number of carbonyl (C=O) groups excluding carboxylic acids is 1. The third-order valence-corrected chi connectivity index (χ3v) is 4.05. The van der Waals surface area contributed by atoms with E-state index in [-0.39, 0.29) is 12.1 Å². The number of hydrogen-bond acceptors (Lipinski definition) is 4. The van der Waals surface area contributed by atoms with Crippen LogP contribution in [0.1, 0.15) is 38.3 Å². The first kappa shape index (κ1) is 17.8. The number of alkyl carbamates (subject to hydrolysis) is 1. The van der Waals surface area contributed by atoms with Gasteiger partial charge < -0.3 is 15.8 Å². The summed E-state index contributed by atoms with van der Waals surface area (Å²) in [7, 11) is 0. The molecule has 5 nitrogen and oxygen atoms in total. The van der Waals surface area contributed by atoms with Crippen LogP contribution in [0, 0.1) is 0 Å². The number of ether oxygens (including phenoxy) is 1. The van der Waals surface area contributed by atoms with Crippen LogP contribution >= 0.6 is 0 Å². The summed E-state index contributed by atoms with van der Waals surface area (Å²) in [5, 5.41) is 2.85. The molecule has 2 rings (SSSR count). The fourth-order valence-corrected chi connectivity index (χ4v) is 2.91. The molecule has 0 saturated carbocycles. The van der Waals surface area contributed by atoms with E-state index in [9.17, 15) is 4.79 Å². The quantitative estimate of drug-likeness (QED) is 0.893. The molecule has 1 aromatic carbocycles. The largest absolute Gasteiger partial charge is 0.444 e. The Hall–Kier alpha value is -1.59. The van der Waals surface area contributed by atoms with Crippen LogP contribution in [0.15, 0.2) is 24.3 Å². The van der Waals surface area contributed by atoms with E-state index >= 15 is 0 Å². The Labute approximate surface area is 139 Å². The minimum absolute atomic E-state index is 0.119. The van der Waals surface area contributed by atoms with Gasteiger partial charge in [0.05, 0.1) is 0 Å². The maximum absolute atomic E-state index is 11.8. The molecule has 128 valence electrons. The van der Waals surface area contributed by atoms with E-state index in [1.54, 1.807) is 0 Å². The molecule has 1 aliphatic heterocycles. The van der Waals surface area contributed by atoms with Crippen molar-refractivity contribution in [2.24, 2.45) is 5.73 Å². The number of rotatable bonds is 4. The molecule has 1 atom stereocenters. The van der Waals surface area contributed by atoms with Crippen LogP contribution in [0.25, 0.3) is 0 Å². The predicted molar refractivity (Wildman–Crippen MR) is 92.3 cm³/mol. The van der Waals surface area contributed by atoms with E-state index in [1.807, 2.05) is 20.8 Å². The Morgan fingerprint density at radius 3 is 2.70 bits per heavy atom. The highest BCUT2D eigenvalue weighted by Crippen LogP contribution is 2.19. The number of nitrogens with zero attached hydrogens (tertiary/aromatic N) is 1. The van der Waals surface area contributed by atoms with Crippen LogP contribution in [0.4, 0.5) is 4.79 Å². The molecule has 0 aliphatic carbocycles. The van der Waals surface area contributed by atoms with Crippen molar-refractivity contribution in [3.8, 4) is 0 Å². The second-order valence-corrected chi connectivity index (χ2v) is 7.12. The van der Waals surface area contributed by atoms with Crippen molar-refractivity contribution in [3.05, 3.63) is 35.4 Å². The van der Waals surface area contributed by atoms with Crippen molar-refractivity contribution in [2.45, 2.75) is 51.8 Å². The van der Waals surface area contributed by atoms with Gasteiger partial charge in [-0.2, -0.15) is 0 Å². The summed E-state index contributed by atoms with van der Waals surface area (Å²) in [5.74, 6) is 0. The monoisotopic (exact) mass is 319 g/mol. The Bertz CT molecular complexity index is 525. The van der Waals surface area contributed by atoms with Crippen molar-refractivity contribution in [3.63, 3.8) is 0 Å². The number of nitrogens with one attached hydrogen (secondary N) is 1. The summed E-state index contributed by atoms with van der Waals surface area (Å²) in [6, 6.07) is 8.68. The summed E-state index contributed by atoms with van der Waals surface area (Å²) >= 11 is 0. The zero-order chi connectivity index (χ0) is 16.9.